The Labute approximate surface area is 98.7 Å². The number of hydrogen-bond acceptors (Lipinski definition) is 2. The molecule has 0 amide bonds. The zero-order valence-electron chi connectivity index (χ0n) is 10.2. The van der Waals surface area contributed by atoms with E-state index in [1.165, 1.54) is 57.8 Å². The summed E-state index contributed by atoms with van der Waals surface area (Å²) in [5.74, 6) is 1.57. The molecule has 2 aliphatic carbocycles. The predicted molar refractivity (Wildman–Crippen MR) is 64.1 cm³/mol. The van der Waals surface area contributed by atoms with E-state index in [1.54, 1.807) is 0 Å². The first-order valence-corrected chi connectivity index (χ1v) is 6.99. The molecule has 0 aromatic rings. The van der Waals surface area contributed by atoms with Gasteiger partial charge in [0.15, 0.2) is 0 Å². The molecular weight excluding hydrogens is 200 g/mol. The molecule has 0 bridgehead atoms. The Morgan fingerprint density at radius 1 is 0.938 bits per heavy atom. The van der Waals surface area contributed by atoms with Gasteiger partial charge in [0, 0.05) is 0 Å². The minimum atomic E-state index is 0.230. The monoisotopic (exact) mass is 224 g/mol. The van der Waals surface area contributed by atoms with Crippen LogP contribution in [-0.2, 0) is 9.53 Å². The van der Waals surface area contributed by atoms with Gasteiger partial charge < -0.3 is 4.74 Å². The van der Waals surface area contributed by atoms with Gasteiger partial charge in [0.25, 0.3) is 6.47 Å². The third kappa shape index (κ3) is 3.23. The Bertz CT molecular complexity index is 209. The van der Waals surface area contributed by atoms with Gasteiger partial charge in [-0.15, -0.1) is 0 Å². The second-order valence-electron chi connectivity index (χ2n) is 5.56. The second kappa shape index (κ2) is 6.27. The number of hydrogen-bond donors (Lipinski definition) is 0. The molecule has 0 spiro atoms. The van der Waals surface area contributed by atoms with Crippen molar-refractivity contribution in [1.29, 1.82) is 0 Å². The van der Waals surface area contributed by atoms with Gasteiger partial charge in [-0.3, -0.25) is 4.79 Å². The molecule has 2 heteroatoms. The maximum atomic E-state index is 10.5. The van der Waals surface area contributed by atoms with Crippen LogP contribution in [0.1, 0.15) is 64.2 Å². The molecule has 0 saturated heterocycles. The van der Waals surface area contributed by atoms with Crippen molar-refractivity contribution in [1.82, 2.24) is 0 Å². The highest BCUT2D eigenvalue weighted by molar-refractivity contribution is 5.37. The van der Waals surface area contributed by atoms with E-state index in [0.29, 0.717) is 12.4 Å². The van der Waals surface area contributed by atoms with E-state index >= 15 is 0 Å². The second-order valence-corrected chi connectivity index (χ2v) is 5.56. The first kappa shape index (κ1) is 11.9. The smallest absolute Gasteiger partial charge is 0.293 e. The molecule has 0 aromatic carbocycles. The number of carbonyl (C=O) groups is 1. The molecule has 2 fully saturated rings. The lowest BCUT2D eigenvalue weighted by Crippen LogP contribution is -2.29. The van der Waals surface area contributed by atoms with Crippen LogP contribution >= 0.6 is 0 Å². The minimum Gasteiger partial charge on any atom is -0.464 e. The van der Waals surface area contributed by atoms with Gasteiger partial charge in [-0.2, -0.15) is 0 Å². The van der Waals surface area contributed by atoms with Gasteiger partial charge in [0.05, 0.1) is 0 Å². The third-order valence-corrected chi connectivity index (χ3v) is 4.43. The highest BCUT2D eigenvalue weighted by atomic mass is 16.5. The largest absolute Gasteiger partial charge is 0.464 e. The lowest BCUT2D eigenvalue weighted by molar-refractivity contribution is -0.138. The summed E-state index contributed by atoms with van der Waals surface area (Å²) in [5.41, 5.74) is 0. The fraction of sp³-hybridized carbons (Fsp3) is 0.929. The Hall–Kier alpha value is -0.530. The van der Waals surface area contributed by atoms with E-state index in [1.807, 2.05) is 0 Å². The molecule has 2 rings (SSSR count). The van der Waals surface area contributed by atoms with E-state index in [4.69, 9.17) is 4.74 Å². The molecule has 0 aliphatic heterocycles. The highest BCUT2D eigenvalue weighted by Crippen LogP contribution is 2.36. The normalized spacial score (nSPS) is 32.2. The average molecular weight is 224 g/mol. The zero-order chi connectivity index (χ0) is 11.2. The topological polar surface area (TPSA) is 26.3 Å². The molecule has 2 aliphatic rings. The van der Waals surface area contributed by atoms with E-state index in [0.717, 1.165) is 12.3 Å². The lowest BCUT2D eigenvalue weighted by Gasteiger charge is -2.33. The van der Waals surface area contributed by atoms with Crippen LogP contribution in [0.4, 0.5) is 0 Å². The van der Waals surface area contributed by atoms with Crippen molar-refractivity contribution in [3.05, 3.63) is 0 Å². The van der Waals surface area contributed by atoms with Crippen LogP contribution in [0.5, 0.6) is 0 Å². The third-order valence-electron chi connectivity index (χ3n) is 4.43. The van der Waals surface area contributed by atoms with Crippen molar-refractivity contribution in [2.75, 3.05) is 0 Å². The molecule has 0 heterocycles. The molecule has 92 valence electrons. The first-order chi connectivity index (χ1) is 7.90. The Morgan fingerprint density at radius 2 is 1.62 bits per heavy atom. The summed E-state index contributed by atoms with van der Waals surface area (Å²) in [6.07, 6.45) is 13.5. The first-order valence-electron chi connectivity index (χ1n) is 6.99. The molecule has 0 radical (unpaired) electrons. The summed E-state index contributed by atoms with van der Waals surface area (Å²) < 4.78 is 5.26. The van der Waals surface area contributed by atoms with Crippen LogP contribution in [0.2, 0.25) is 0 Å². The van der Waals surface area contributed by atoms with Crippen molar-refractivity contribution in [2.24, 2.45) is 11.8 Å². The van der Waals surface area contributed by atoms with Crippen molar-refractivity contribution < 1.29 is 9.53 Å². The maximum absolute atomic E-state index is 10.5. The summed E-state index contributed by atoms with van der Waals surface area (Å²) in [7, 11) is 0. The summed E-state index contributed by atoms with van der Waals surface area (Å²) in [6.45, 7) is 0.657. The van der Waals surface area contributed by atoms with Crippen LogP contribution in [0.25, 0.3) is 0 Å². The molecular formula is C14H24O2. The lowest BCUT2D eigenvalue weighted by atomic mass is 9.76. The summed E-state index contributed by atoms with van der Waals surface area (Å²) in [4.78, 5) is 10.5. The van der Waals surface area contributed by atoms with Crippen LogP contribution in [0.3, 0.4) is 0 Å². The molecule has 2 nitrogen and oxygen atoms in total. The average Bonchev–Trinajstić information content (AvgIpc) is 2.33. The number of rotatable bonds is 4. The maximum Gasteiger partial charge on any atom is 0.293 e. The Kier molecular flexibility index (Phi) is 4.68. The summed E-state index contributed by atoms with van der Waals surface area (Å²) in [6, 6.07) is 0. The molecule has 2 atom stereocenters. The van der Waals surface area contributed by atoms with Crippen LogP contribution in [0.15, 0.2) is 0 Å². The van der Waals surface area contributed by atoms with E-state index in [9.17, 15) is 4.79 Å². The van der Waals surface area contributed by atoms with Gasteiger partial charge in [0.1, 0.15) is 6.10 Å². The minimum absolute atomic E-state index is 0.230. The standard InChI is InChI=1S/C14H24O2/c15-11-16-14-9-5-4-8-13(14)10-12-6-2-1-3-7-12/h11-14H,1-10H2. The van der Waals surface area contributed by atoms with Crippen molar-refractivity contribution in [3.63, 3.8) is 0 Å². The van der Waals surface area contributed by atoms with Gasteiger partial charge in [-0.1, -0.05) is 38.5 Å². The van der Waals surface area contributed by atoms with Crippen molar-refractivity contribution in [2.45, 2.75) is 70.3 Å². The van der Waals surface area contributed by atoms with E-state index < -0.39 is 0 Å². The van der Waals surface area contributed by atoms with Crippen LogP contribution in [-0.4, -0.2) is 12.6 Å². The zero-order valence-corrected chi connectivity index (χ0v) is 10.2. The molecule has 0 N–H and O–H groups in total. The summed E-state index contributed by atoms with van der Waals surface area (Å²) >= 11 is 0. The fourth-order valence-electron chi connectivity index (χ4n) is 3.54. The SMILES string of the molecule is O=COC1CCCCC1CC1CCCCC1. The van der Waals surface area contributed by atoms with Crippen molar-refractivity contribution >= 4 is 6.47 Å². The summed E-state index contributed by atoms with van der Waals surface area (Å²) in [5, 5.41) is 0. The molecule has 0 aromatic heterocycles. The van der Waals surface area contributed by atoms with Crippen LogP contribution in [0, 0.1) is 11.8 Å². The van der Waals surface area contributed by atoms with Gasteiger partial charge in [-0.05, 0) is 37.5 Å². The van der Waals surface area contributed by atoms with Crippen LogP contribution < -0.4 is 0 Å². The van der Waals surface area contributed by atoms with Gasteiger partial charge in [-0.25, -0.2) is 0 Å². The Balaban J connectivity index is 1.82. The molecule has 2 unspecified atom stereocenters. The van der Waals surface area contributed by atoms with E-state index in [-0.39, 0.29) is 6.10 Å². The number of carbonyl (C=O) groups excluding carboxylic acids is 1. The van der Waals surface area contributed by atoms with Crippen molar-refractivity contribution in [3.8, 4) is 0 Å². The molecule has 2 saturated carbocycles. The predicted octanol–water partition coefficient (Wildman–Crippen LogP) is 3.69. The fourth-order valence-corrected chi connectivity index (χ4v) is 3.54. The van der Waals surface area contributed by atoms with E-state index in [2.05, 4.69) is 0 Å². The number of ether oxygens (including phenoxy) is 1. The quantitative estimate of drug-likeness (QED) is 0.681. The van der Waals surface area contributed by atoms with Gasteiger partial charge in [0.2, 0.25) is 0 Å². The molecule has 16 heavy (non-hydrogen) atoms. The van der Waals surface area contributed by atoms with Gasteiger partial charge >= 0.3 is 0 Å². The highest BCUT2D eigenvalue weighted by Gasteiger charge is 2.29. The Morgan fingerprint density at radius 3 is 2.38 bits per heavy atom.